The van der Waals surface area contributed by atoms with Gasteiger partial charge in [0.2, 0.25) is 5.91 Å². The van der Waals surface area contributed by atoms with Crippen molar-refractivity contribution in [3.8, 4) is 6.07 Å². The molecular formula is C21H16F2N4O3S. The van der Waals surface area contributed by atoms with Crippen LogP contribution in [0.1, 0.15) is 34.9 Å². The Hall–Kier alpha value is -3.45. The average Bonchev–Trinajstić information content (AvgIpc) is 3.39. The van der Waals surface area contributed by atoms with Gasteiger partial charge in [-0.25, -0.2) is 13.8 Å². The van der Waals surface area contributed by atoms with Gasteiger partial charge in [0.15, 0.2) is 16.8 Å². The second-order valence-electron chi connectivity index (χ2n) is 6.99. The first-order valence-corrected chi connectivity index (χ1v) is 10.4. The lowest BCUT2D eigenvalue weighted by atomic mass is 10.1. The third-order valence-electron chi connectivity index (χ3n) is 4.93. The molecule has 0 bridgehead atoms. The molecule has 10 heteroatoms. The molecule has 7 nitrogen and oxygen atoms in total. The van der Waals surface area contributed by atoms with Gasteiger partial charge in [0, 0.05) is 23.2 Å². The van der Waals surface area contributed by atoms with E-state index in [1.165, 1.54) is 18.4 Å². The van der Waals surface area contributed by atoms with Crippen LogP contribution in [0, 0.1) is 28.9 Å². The van der Waals surface area contributed by atoms with Crippen molar-refractivity contribution < 1.29 is 18.0 Å². The van der Waals surface area contributed by atoms with Gasteiger partial charge in [-0.15, -0.1) is 0 Å². The fourth-order valence-electron chi connectivity index (χ4n) is 3.23. The first kappa shape index (κ1) is 20.8. The zero-order valence-electron chi connectivity index (χ0n) is 16.0. The summed E-state index contributed by atoms with van der Waals surface area (Å²) in [4.78, 5) is 31.6. The summed E-state index contributed by atoms with van der Waals surface area (Å²) >= 11 is 1.01. The standard InChI is InChI=1S/C21H16F2N4O3S/c22-16-5-1-3-11(17(16)23)10-31-21-26-18(15(8-24)20(29)27-21)13-7-14(13)19(28)25-9-12-4-2-6-30-12/h1-6,13-14H,7,9-10H2,(H,25,28)(H,26,27,29). The minimum absolute atomic E-state index is 0.0373. The number of hydrogen-bond acceptors (Lipinski definition) is 6. The van der Waals surface area contributed by atoms with Gasteiger partial charge in [0.25, 0.3) is 5.56 Å². The highest BCUT2D eigenvalue weighted by molar-refractivity contribution is 7.98. The van der Waals surface area contributed by atoms with Crippen LogP contribution in [-0.2, 0) is 17.1 Å². The van der Waals surface area contributed by atoms with E-state index in [0.29, 0.717) is 12.2 Å². The average molecular weight is 442 g/mol. The number of nitriles is 1. The van der Waals surface area contributed by atoms with E-state index >= 15 is 0 Å². The lowest BCUT2D eigenvalue weighted by Crippen LogP contribution is -2.25. The molecule has 3 aromatic rings. The smallest absolute Gasteiger partial charge is 0.269 e. The lowest BCUT2D eigenvalue weighted by Gasteiger charge is -2.07. The van der Waals surface area contributed by atoms with Crippen molar-refractivity contribution in [2.45, 2.75) is 29.8 Å². The SMILES string of the molecule is N#Cc1c(C2CC2C(=O)NCc2ccco2)nc(SCc2cccc(F)c2F)[nH]c1=O. The molecule has 1 aromatic carbocycles. The van der Waals surface area contributed by atoms with Gasteiger partial charge in [0.1, 0.15) is 17.4 Å². The normalized spacial score (nSPS) is 17.2. The number of amides is 1. The van der Waals surface area contributed by atoms with Crippen LogP contribution in [0.3, 0.4) is 0 Å². The number of H-pyrrole nitrogens is 1. The van der Waals surface area contributed by atoms with Crippen molar-refractivity contribution in [2.24, 2.45) is 5.92 Å². The Balaban J connectivity index is 1.48. The second-order valence-corrected chi connectivity index (χ2v) is 7.95. The van der Waals surface area contributed by atoms with E-state index in [0.717, 1.165) is 17.8 Å². The van der Waals surface area contributed by atoms with Crippen LogP contribution in [0.2, 0.25) is 0 Å². The number of aromatic nitrogens is 2. The summed E-state index contributed by atoms with van der Waals surface area (Å²) in [6.45, 7) is 0.239. The van der Waals surface area contributed by atoms with Gasteiger partial charge in [-0.1, -0.05) is 23.9 Å². The molecule has 2 N–H and O–H groups in total. The summed E-state index contributed by atoms with van der Waals surface area (Å²) < 4.78 is 32.4. The van der Waals surface area contributed by atoms with Crippen molar-refractivity contribution in [3.05, 3.63) is 81.2 Å². The first-order valence-electron chi connectivity index (χ1n) is 9.38. The molecule has 1 amide bonds. The molecule has 158 valence electrons. The number of benzene rings is 1. The highest BCUT2D eigenvalue weighted by Gasteiger charge is 2.46. The van der Waals surface area contributed by atoms with Crippen LogP contribution in [0.15, 0.2) is 51.0 Å². The Bertz CT molecular complexity index is 1220. The third-order valence-corrected chi connectivity index (χ3v) is 5.85. The van der Waals surface area contributed by atoms with Gasteiger partial charge in [-0.05, 0) is 24.6 Å². The van der Waals surface area contributed by atoms with Gasteiger partial charge in [-0.3, -0.25) is 9.59 Å². The zero-order valence-corrected chi connectivity index (χ0v) is 16.8. The molecule has 1 aliphatic rings. The molecule has 31 heavy (non-hydrogen) atoms. The summed E-state index contributed by atoms with van der Waals surface area (Å²) in [5.74, 6) is -2.25. The highest BCUT2D eigenvalue weighted by atomic mass is 32.2. The summed E-state index contributed by atoms with van der Waals surface area (Å²) in [5.41, 5.74) is -0.407. The van der Waals surface area contributed by atoms with Crippen molar-refractivity contribution in [1.82, 2.24) is 15.3 Å². The van der Waals surface area contributed by atoms with E-state index in [1.807, 2.05) is 6.07 Å². The molecule has 1 saturated carbocycles. The highest BCUT2D eigenvalue weighted by Crippen LogP contribution is 2.47. The lowest BCUT2D eigenvalue weighted by molar-refractivity contribution is -0.122. The van der Waals surface area contributed by atoms with Crippen LogP contribution in [0.5, 0.6) is 0 Å². The van der Waals surface area contributed by atoms with E-state index < -0.39 is 23.1 Å². The Labute approximate surface area is 179 Å². The Morgan fingerprint density at radius 3 is 2.94 bits per heavy atom. The van der Waals surface area contributed by atoms with Crippen molar-refractivity contribution in [1.29, 1.82) is 5.26 Å². The minimum atomic E-state index is -0.957. The predicted molar refractivity (Wildman–Crippen MR) is 107 cm³/mol. The molecule has 0 radical (unpaired) electrons. The molecule has 0 spiro atoms. The molecule has 1 aliphatic carbocycles. The van der Waals surface area contributed by atoms with E-state index in [2.05, 4.69) is 15.3 Å². The third kappa shape index (κ3) is 4.51. The Morgan fingerprint density at radius 1 is 1.35 bits per heavy atom. The summed E-state index contributed by atoms with van der Waals surface area (Å²) in [6, 6.07) is 9.15. The molecule has 4 rings (SSSR count). The fraction of sp³-hybridized carbons (Fsp3) is 0.238. The molecule has 2 atom stereocenters. The Morgan fingerprint density at radius 2 is 2.19 bits per heavy atom. The number of hydrogen-bond donors (Lipinski definition) is 2. The fourth-order valence-corrected chi connectivity index (χ4v) is 4.07. The molecule has 2 aromatic heterocycles. The van der Waals surface area contributed by atoms with Crippen molar-refractivity contribution >= 4 is 17.7 Å². The number of halogens is 2. The zero-order chi connectivity index (χ0) is 22.0. The number of nitrogens with zero attached hydrogens (tertiary/aromatic N) is 2. The van der Waals surface area contributed by atoms with Gasteiger partial charge >= 0.3 is 0 Å². The Kier molecular flexibility index (Phi) is 5.86. The van der Waals surface area contributed by atoms with Crippen molar-refractivity contribution in [2.75, 3.05) is 0 Å². The van der Waals surface area contributed by atoms with Crippen molar-refractivity contribution in [3.63, 3.8) is 0 Å². The molecule has 1 fully saturated rings. The van der Waals surface area contributed by atoms with Crippen LogP contribution in [0.25, 0.3) is 0 Å². The summed E-state index contributed by atoms with van der Waals surface area (Å²) in [5, 5.41) is 12.3. The number of nitrogens with one attached hydrogen (secondary N) is 2. The second kappa shape index (κ2) is 8.73. The summed E-state index contributed by atoms with van der Waals surface area (Å²) in [7, 11) is 0. The summed E-state index contributed by atoms with van der Waals surface area (Å²) in [6.07, 6.45) is 1.97. The van der Waals surface area contributed by atoms with Gasteiger partial charge < -0.3 is 14.7 Å². The van der Waals surface area contributed by atoms with Crippen LogP contribution in [0.4, 0.5) is 8.78 Å². The number of thioether (sulfide) groups is 1. The van der Waals surface area contributed by atoms with E-state index in [1.54, 1.807) is 12.1 Å². The number of carbonyl (C=O) groups is 1. The number of carbonyl (C=O) groups excluding carboxylic acids is 1. The predicted octanol–water partition coefficient (Wildman–Crippen LogP) is 3.22. The monoisotopic (exact) mass is 442 g/mol. The minimum Gasteiger partial charge on any atom is -0.467 e. The van der Waals surface area contributed by atoms with Gasteiger partial charge in [0.05, 0.1) is 18.5 Å². The van der Waals surface area contributed by atoms with E-state index in [9.17, 15) is 23.6 Å². The van der Waals surface area contributed by atoms with Crippen LogP contribution < -0.4 is 10.9 Å². The van der Waals surface area contributed by atoms with Crippen LogP contribution >= 0.6 is 11.8 Å². The first-order chi connectivity index (χ1) is 15.0. The van der Waals surface area contributed by atoms with Gasteiger partial charge in [-0.2, -0.15) is 5.26 Å². The maximum absolute atomic E-state index is 13.9. The van der Waals surface area contributed by atoms with E-state index in [4.69, 9.17) is 4.42 Å². The number of rotatable bonds is 7. The molecule has 0 aliphatic heterocycles. The molecule has 2 heterocycles. The molecular weight excluding hydrogens is 426 g/mol. The maximum Gasteiger partial charge on any atom is 0.269 e. The van der Waals surface area contributed by atoms with E-state index in [-0.39, 0.29) is 46.1 Å². The number of furan rings is 1. The quantitative estimate of drug-likeness (QED) is 0.429. The largest absolute Gasteiger partial charge is 0.467 e. The molecule has 2 unspecified atom stereocenters. The molecule has 0 saturated heterocycles. The topological polar surface area (TPSA) is 112 Å². The number of aromatic amines is 1. The van der Waals surface area contributed by atoms with Crippen LogP contribution in [-0.4, -0.2) is 15.9 Å². The maximum atomic E-state index is 13.9.